The number of unbranched alkanes of at least 4 members (excludes halogenated alkanes) is 1. The summed E-state index contributed by atoms with van der Waals surface area (Å²) in [5, 5.41) is 12.9. The van der Waals surface area contributed by atoms with Crippen LogP contribution in [0.4, 0.5) is 4.79 Å². The number of benzene rings is 1. The molecule has 204 valence electrons. The third-order valence-electron chi connectivity index (χ3n) is 6.14. The number of aliphatic hydroxyl groups is 1. The van der Waals surface area contributed by atoms with E-state index in [-0.39, 0.29) is 17.7 Å². The summed E-state index contributed by atoms with van der Waals surface area (Å²) in [6, 6.07) is 7.50. The SMILES string of the molecule is C=CCC(C(O)CC(CCC1(CCCC)OCCO1)NC(=O)OC(C)(C)C)S(=O)(=O)c1ccccc1. The van der Waals surface area contributed by atoms with E-state index in [1.165, 1.54) is 18.2 Å². The number of carbonyl (C=O) groups excluding carboxylic acids is 1. The molecule has 36 heavy (non-hydrogen) atoms. The van der Waals surface area contributed by atoms with Crippen LogP contribution in [0.15, 0.2) is 47.9 Å². The highest BCUT2D eigenvalue weighted by atomic mass is 32.2. The van der Waals surface area contributed by atoms with Gasteiger partial charge >= 0.3 is 6.09 Å². The Morgan fingerprint density at radius 2 is 1.86 bits per heavy atom. The number of amides is 1. The molecule has 1 fully saturated rings. The highest BCUT2D eigenvalue weighted by molar-refractivity contribution is 7.92. The Hall–Kier alpha value is -1.94. The molecule has 0 radical (unpaired) electrons. The number of carbonyl (C=O) groups is 1. The smallest absolute Gasteiger partial charge is 0.407 e. The molecule has 0 aliphatic carbocycles. The van der Waals surface area contributed by atoms with Crippen molar-refractivity contribution in [3.05, 3.63) is 43.0 Å². The lowest BCUT2D eigenvalue weighted by Gasteiger charge is -2.32. The van der Waals surface area contributed by atoms with Gasteiger partial charge in [0.1, 0.15) is 5.60 Å². The van der Waals surface area contributed by atoms with E-state index in [2.05, 4.69) is 18.8 Å². The van der Waals surface area contributed by atoms with Gasteiger partial charge in [0.25, 0.3) is 0 Å². The Labute approximate surface area is 216 Å². The van der Waals surface area contributed by atoms with Crippen LogP contribution in [0.3, 0.4) is 0 Å². The van der Waals surface area contributed by atoms with Crippen LogP contribution in [0.2, 0.25) is 0 Å². The molecule has 1 aromatic carbocycles. The van der Waals surface area contributed by atoms with Crippen molar-refractivity contribution in [2.24, 2.45) is 0 Å². The van der Waals surface area contributed by atoms with E-state index >= 15 is 0 Å². The number of hydrogen-bond donors (Lipinski definition) is 2. The third kappa shape index (κ3) is 9.18. The van der Waals surface area contributed by atoms with Crippen molar-refractivity contribution in [3.63, 3.8) is 0 Å². The van der Waals surface area contributed by atoms with Gasteiger partial charge in [0.05, 0.1) is 29.5 Å². The first-order valence-corrected chi connectivity index (χ1v) is 14.3. The molecular weight excluding hydrogens is 482 g/mol. The van der Waals surface area contributed by atoms with E-state index in [0.717, 1.165) is 19.3 Å². The maximum absolute atomic E-state index is 13.3. The van der Waals surface area contributed by atoms with Gasteiger partial charge in [-0.05, 0) is 58.6 Å². The van der Waals surface area contributed by atoms with Gasteiger partial charge in [-0.15, -0.1) is 6.58 Å². The monoisotopic (exact) mass is 525 g/mol. The number of ether oxygens (including phenoxy) is 3. The molecule has 3 unspecified atom stereocenters. The van der Waals surface area contributed by atoms with Gasteiger partial charge < -0.3 is 24.6 Å². The quantitative estimate of drug-likeness (QED) is 0.337. The van der Waals surface area contributed by atoms with E-state index in [9.17, 15) is 18.3 Å². The number of hydrogen-bond acceptors (Lipinski definition) is 7. The number of aliphatic hydroxyl groups excluding tert-OH is 1. The minimum atomic E-state index is -3.83. The van der Waals surface area contributed by atoms with Crippen LogP contribution in [0.1, 0.15) is 72.6 Å². The Morgan fingerprint density at radius 1 is 1.22 bits per heavy atom. The lowest BCUT2D eigenvalue weighted by atomic mass is 9.96. The van der Waals surface area contributed by atoms with Crippen molar-refractivity contribution in [2.45, 2.75) is 106 Å². The van der Waals surface area contributed by atoms with Crippen molar-refractivity contribution in [2.75, 3.05) is 13.2 Å². The van der Waals surface area contributed by atoms with Crippen LogP contribution < -0.4 is 5.32 Å². The molecule has 0 bridgehead atoms. The maximum atomic E-state index is 13.3. The Kier molecular flexibility index (Phi) is 11.4. The number of alkyl carbamates (subject to hydrolysis) is 1. The van der Waals surface area contributed by atoms with Gasteiger partial charge in [-0.25, -0.2) is 13.2 Å². The predicted octanol–water partition coefficient (Wildman–Crippen LogP) is 4.76. The van der Waals surface area contributed by atoms with E-state index in [1.807, 2.05) is 0 Å². The van der Waals surface area contributed by atoms with Crippen molar-refractivity contribution >= 4 is 15.9 Å². The number of nitrogens with one attached hydrogen (secondary N) is 1. The van der Waals surface area contributed by atoms with Gasteiger partial charge in [0.2, 0.25) is 0 Å². The summed E-state index contributed by atoms with van der Waals surface area (Å²) in [5.74, 6) is -0.731. The normalized spacial score (nSPS) is 18.2. The molecule has 0 saturated carbocycles. The lowest BCUT2D eigenvalue weighted by molar-refractivity contribution is -0.169. The number of sulfone groups is 1. The molecule has 0 spiro atoms. The minimum Gasteiger partial charge on any atom is -0.444 e. The van der Waals surface area contributed by atoms with E-state index < -0.39 is 44.7 Å². The number of rotatable bonds is 14. The molecule has 2 N–H and O–H groups in total. The minimum absolute atomic E-state index is 0.0215. The molecule has 1 aliphatic heterocycles. The average Bonchev–Trinajstić information content (AvgIpc) is 3.28. The largest absolute Gasteiger partial charge is 0.444 e. The Balaban J connectivity index is 2.23. The first-order chi connectivity index (χ1) is 16.9. The highest BCUT2D eigenvalue weighted by Gasteiger charge is 2.38. The third-order valence-corrected chi connectivity index (χ3v) is 8.38. The molecule has 2 rings (SSSR count). The van der Waals surface area contributed by atoms with Crippen LogP contribution >= 0.6 is 0 Å². The zero-order chi connectivity index (χ0) is 26.8. The maximum Gasteiger partial charge on any atom is 0.407 e. The second-order valence-corrected chi connectivity index (χ2v) is 12.5. The van der Waals surface area contributed by atoms with Gasteiger partial charge in [-0.2, -0.15) is 0 Å². The van der Waals surface area contributed by atoms with Crippen molar-refractivity contribution < 1.29 is 32.5 Å². The van der Waals surface area contributed by atoms with Crippen LogP contribution in [0, 0.1) is 0 Å². The summed E-state index contributed by atoms with van der Waals surface area (Å²) < 4.78 is 44.0. The van der Waals surface area contributed by atoms with Gasteiger partial charge in [0.15, 0.2) is 15.6 Å². The molecule has 1 heterocycles. The molecule has 0 aromatic heterocycles. The summed E-state index contributed by atoms with van der Waals surface area (Å²) in [6.07, 6.45) is 3.29. The topological polar surface area (TPSA) is 111 Å². The zero-order valence-electron chi connectivity index (χ0n) is 22.1. The Morgan fingerprint density at radius 3 is 2.42 bits per heavy atom. The van der Waals surface area contributed by atoms with E-state index in [1.54, 1.807) is 39.0 Å². The second kappa shape index (κ2) is 13.6. The second-order valence-electron chi connectivity index (χ2n) is 10.3. The van der Waals surface area contributed by atoms with Gasteiger partial charge in [0, 0.05) is 18.9 Å². The summed E-state index contributed by atoms with van der Waals surface area (Å²) in [5.41, 5.74) is -0.699. The van der Waals surface area contributed by atoms with Crippen LogP contribution in [-0.4, -0.2) is 61.6 Å². The fraction of sp³-hybridized carbons (Fsp3) is 0.667. The van der Waals surface area contributed by atoms with Crippen molar-refractivity contribution in [3.8, 4) is 0 Å². The summed E-state index contributed by atoms with van der Waals surface area (Å²) in [7, 11) is -3.83. The first kappa shape index (κ1) is 30.3. The van der Waals surface area contributed by atoms with E-state index in [0.29, 0.717) is 26.1 Å². The molecule has 3 atom stereocenters. The standard InChI is InChI=1S/C27H43NO7S/c1-6-8-16-27(33-18-19-34-27)17-15-21(28-25(30)35-26(3,4)5)20-23(29)24(12-7-2)36(31,32)22-13-10-9-11-14-22/h7,9-11,13-14,21,23-24,29H,2,6,8,12,15-20H2,1,3-5H3,(H,28,30). The molecule has 1 aliphatic rings. The van der Waals surface area contributed by atoms with E-state index in [4.69, 9.17) is 14.2 Å². The van der Waals surface area contributed by atoms with Crippen molar-refractivity contribution in [1.82, 2.24) is 5.32 Å². The summed E-state index contributed by atoms with van der Waals surface area (Å²) in [4.78, 5) is 12.7. The summed E-state index contributed by atoms with van der Waals surface area (Å²) in [6.45, 7) is 12.1. The van der Waals surface area contributed by atoms with Crippen LogP contribution in [0.25, 0.3) is 0 Å². The average molecular weight is 526 g/mol. The number of allylic oxidation sites excluding steroid dienone is 1. The van der Waals surface area contributed by atoms with Gasteiger partial charge in [-0.1, -0.05) is 37.6 Å². The lowest BCUT2D eigenvalue weighted by Crippen LogP contribution is -2.45. The predicted molar refractivity (Wildman–Crippen MR) is 139 cm³/mol. The highest BCUT2D eigenvalue weighted by Crippen LogP contribution is 2.32. The first-order valence-electron chi connectivity index (χ1n) is 12.8. The molecular formula is C27H43NO7S. The molecule has 9 heteroatoms. The zero-order valence-corrected chi connectivity index (χ0v) is 22.9. The van der Waals surface area contributed by atoms with Crippen LogP contribution in [-0.2, 0) is 24.0 Å². The summed E-state index contributed by atoms with van der Waals surface area (Å²) >= 11 is 0. The molecule has 1 saturated heterocycles. The fourth-order valence-corrected chi connectivity index (χ4v) is 6.16. The Bertz CT molecular complexity index is 921. The van der Waals surface area contributed by atoms with Gasteiger partial charge in [-0.3, -0.25) is 0 Å². The fourth-order valence-electron chi connectivity index (χ4n) is 4.36. The molecule has 1 amide bonds. The molecule has 1 aromatic rings. The molecule has 8 nitrogen and oxygen atoms in total. The van der Waals surface area contributed by atoms with Crippen molar-refractivity contribution in [1.29, 1.82) is 0 Å². The van der Waals surface area contributed by atoms with Crippen LogP contribution in [0.5, 0.6) is 0 Å².